The second-order valence-corrected chi connectivity index (χ2v) is 5.72. The Morgan fingerprint density at radius 1 is 1.33 bits per heavy atom. The van der Waals surface area contributed by atoms with Crippen LogP contribution in [0.5, 0.6) is 5.75 Å². The summed E-state index contributed by atoms with van der Waals surface area (Å²) < 4.78 is 10.3. The van der Waals surface area contributed by atoms with E-state index in [4.69, 9.17) is 9.47 Å². The number of esters is 1. The lowest BCUT2D eigenvalue weighted by atomic mass is 9.98. The first-order valence-electron chi connectivity index (χ1n) is 7.58. The van der Waals surface area contributed by atoms with Crippen LogP contribution in [-0.4, -0.2) is 37.7 Å². The van der Waals surface area contributed by atoms with E-state index in [1.54, 1.807) is 7.11 Å². The highest BCUT2D eigenvalue weighted by Gasteiger charge is 2.25. The number of likely N-dealkylation sites (tertiary alicyclic amines) is 1. The molecule has 1 aliphatic rings. The second-order valence-electron chi connectivity index (χ2n) is 5.72. The van der Waals surface area contributed by atoms with Crippen molar-refractivity contribution < 1.29 is 14.3 Å². The van der Waals surface area contributed by atoms with Gasteiger partial charge in [0.25, 0.3) is 0 Å². The zero-order valence-electron chi connectivity index (χ0n) is 13.2. The van der Waals surface area contributed by atoms with Crippen LogP contribution in [0.3, 0.4) is 0 Å². The molecule has 4 heteroatoms. The summed E-state index contributed by atoms with van der Waals surface area (Å²) in [5, 5.41) is 0. The predicted molar refractivity (Wildman–Crippen MR) is 82.4 cm³/mol. The van der Waals surface area contributed by atoms with Crippen molar-refractivity contribution in [2.24, 2.45) is 0 Å². The molecule has 116 valence electrons. The minimum absolute atomic E-state index is 0.122. The summed E-state index contributed by atoms with van der Waals surface area (Å²) >= 11 is 0. The molecule has 1 aromatic rings. The van der Waals surface area contributed by atoms with E-state index in [-0.39, 0.29) is 12.0 Å². The molecule has 21 heavy (non-hydrogen) atoms. The number of methoxy groups -OCH3 is 2. The topological polar surface area (TPSA) is 38.8 Å². The van der Waals surface area contributed by atoms with Crippen LogP contribution in [0.15, 0.2) is 18.2 Å². The van der Waals surface area contributed by atoms with Gasteiger partial charge in [0.1, 0.15) is 5.75 Å². The number of carbonyl (C=O) groups excluding carboxylic acids is 1. The zero-order chi connectivity index (χ0) is 15.2. The SMILES string of the molecule is COC(=O)CC1CCCCN1Cc1cc(C)ccc1OC. The Hall–Kier alpha value is -1.55. The number of ether oxygens (including phenoxy) is 2. The van der Waals surface area contributed by atoms with Crippen LogP contribution in [0.25, 0.3) is 0 Å². The summed E-state index contributed by atoms with van der Waals surface area (Å²) in [6, 6.07) is 6.52. The number of hydrogen-bond donors (Lipinski definition) is 0. The van der Waals surface area contributed by atoms with E-state index in [9.17, 15) is 4.79 Å². The molecule has 0 radical (unpaired) electrons. The van der Waals surface area contributed by atoms with Crippen LogP contribution < -0.4 is 4.74 Å². The molecule has 0 aromatic heterocycles. The van der Waals surface area contributed by atoms with Gasteiger partial charge in [-0.25, -0.2) is 0 Å². The third-order valence-electron chi connectivity index (χ3n) is 4.19. The monoisotopic (exact) mass is 291 g/mol. The molecule has 1 aliphatic heterocycles. The van der Waals surface area contributed by atoms with E-state index in [0.29, 0.717) is 6.42 Å². The smallest absolute Gasteiger partial charge is 0.307 e. The van der Waals surface area contributed by atoms with Gasteiger partial charge in [-0.3, -0.25) is 9.69 Å². The van der Waals surface area contributed by atoms with E-state index in [1.807, 2.05) is 6.07 Å². The Morgan fingerprint density at radius 2 is 2.14 bits per heavy atom. The summed E-state index contributed by atoms with van der Waals surface area (Å²) in [7, 11) is 3.16. The zero-order valence-corrected chi connectivity index (χ0v) is 13.2. The molecular weight excluding hydrogens is 266 g/mol. The van der Waals surface area contributed by atoms with Crippen LogP contribution >= 0.6 is 0 Å². The Labute approximate surface area is 127 Å². The van der Waals surface area contributed by atoms with Crippen LogP contribution in [-0.2, 0) is 16.1 Å². The molecular formula is C17H25NO3. The van der Waals surface area contributed by atoms with Crippen molar-refractivity contribution in [1.29, 1.82) is 0 Å². The number of aryl methyl sites for hydroxylation is 1. The molecule has 4 nitrogen and oxygen atoms in total. The van der Waals surface area contributed by atoms with Gasteiger partial charge in [0.2, 0.25) is 0 Å². The summed E-state index contributed by atoms with van der Waals surface area (Å²) in [6.45, 7) is 3.94. The van der Waals surface area contributed by atoms with Crippen LogP contribution in [0.1, 0.15) is 36.8 Å². The highest BCUT2D eigenvalue weighted by molar-refractivity contribution is 5.69. The van der Waals surface area contributed by atoms with Crippen LogP contribution in [0.4, 0.5) is 0 Å². The van der Waals surface area contributed by atoms with Gasteiger partial charge < -0.3 is 9.47 Å². The van der Waals surface area contributed by atoms with Gasteiger partial charge in [-0.05, 0) is 32.4 Å². The third kappa shape index (κ3) is 4.21. The van der Waals surface area contributed by atoms with Gasteiger partial charge in [0.05, 0.1) is 20.6 Å². The molecule has 2 rings (SSSR count). The number of benzene rings is 1. The fourth-order valence-electron chi connectivity index (χ4n) is 3.02. The van der Waals surface area contributed by atoms with E-state index < -0.39 is 0 Å². The standard InChI is InChI=1S/C17H25NO3/c1-13-7-8-16(20-2)14(10-13)12-18-9-5-4-6-15(18)11-17(19)21-3/h7-8,10,15H,4-6,9,11-12H2,1-3H3. The molecule has 1 unspecified atom stereocenters. The minimum Gasteiger partial charge on any atom is -0.496 e. The second kappa shape index (κ2) is 7.46. The largest absolute Gasteiger partial charge is 0.496 e. The lowest BCUT2D eigenvalue weighted by Crippen LogP contribution is -2.40. The van der Waals surface area contributed by atoms with Crippen molar-refractivity contribution in [3.63, 3.8) is 0 Å². The fraction of sp³-hybridized carbons (Fsp3) is 0.588. The van der Waals surface area contributed by atoms with Crippen molar-refractivity contribution >= 4 is 5.97 Å². The number of piperidine rings is 1. The van der Waals surface area contributed by atoms with E-state index in [1.165, 1.54) is 31.1 Å². The Morgan fingerprint density at radius 3 is 2.86 bits per heavy atom. The molecule has 0 amide bonds. The van der Waals surface area contributed by atoms with Gasteiger partial charge in [0.15, 0.2) is 0 Å². The first-order chi connectivity index (χ1) is 10.1. The van der Waals surface area contributed by atoms with Crippen molar-refractivity contribution in [2.45, 2.75) is 45.2 Å². The fourth-order valence-corrected chi connectivity index (χ4v) is 3.02. The maximum absolute atomic E-state index is 11.6. The number of nitrogens with zero attached hydrogens (tertiary/aromatic N) is 1. The molecule has 1 aromatic carbocycles. The average molecular weight is 291 g/mol. The summed E-state index contributed by atoms with van der Waals surface area (Å²) in [6.07, 6.45) is 3.91. The Kier molecular flexibility index (Phi) is 5.62. The van der Waals surface area contributed by atoms with Crippen molar-refractivity contribution in [2.75, 3.05) is 20.8 Å². The molecule has 0 saturated carbocycles. The van der Waals surface area contributed by atoms with E-state index in [2.05, 4.69) is 24.0 Å². The van der Waals surface area contributed by atoms with Crippen molar-refractivity contribution in [3.05, 3.63) is 29.3 Å². The predicted octanol–water partition coefficient (Wildman–Crippen LogP) is 2.92. The van der Waals surface area contributed by atoms with Gasteiger partial charge in [-0.15, -0.1) is 0 Å². The number of carbonyl (C=O) groups is 1. The van der Waals surface area contributed by atoms with E-state index >= 15 is 0 Å². The summed E-state index contributed by atoms with van der Waals surface area (Å²) in [4.78, 5) is 14.0. The normalized spacial score (nSPS) is 19.3. The van der Waals surface area contributed by atoms with Crippen molar-refractivity contribution in [3.8, 4) is 5.75 Å². The Balaban J connectivity index is 2.11. The highest BCUT2D eigenvalue weighted by Crippen LogP contribution is 2.26. The average Bonchev–Trinajstić information content (AvgIpc) is 2.49. The van der Waals surface area contributed by atoms with Gasteiger partial charge in [-0.2, -0.15) is 0 Å². The first-order valence-corrected chi connectivity index (χ1v) is 7.58. The van der Waals surface area contributed by atoms with Gasteiger partial charge in [-0.1, -0.05) is 24.1 Å². The maximum Gasteiger partial charge on any atom is 0.307 e. The quantitative estimate of drug-likeness (QED) is 0.782. The number of hydrogen-bond acceptors (Lipinski definition) is 4. The summed E-state index contributed by atoms with van der Waals surface area (Å²) in [5.41, 5.74) is 2.42. The van der Waals surface area contributed by atoms with Gasteiger partial charge in [0, 0.05) is 18.2 Å². The number of rotatable bonds is 5. The van der Waals surface area contributed by atoms with Crippen molar-refractivity contribution in [1.82, 2.24) is 4.90 Å². The molecule has 0 spiro atoms. The van der Waals surface area contributed by atoms with Crippen LogP contribution in [0, 0.1) is 6.92 Å². The highest BCUT2D eigenvalue weighted by atomic mass is 16.5. The maximum atomic E-state index is 11.6. The van der Waals surface area contributed by atoms with Crippen LogP contribution in [0.2, 0.25) is 0 Å². The molecule has 1 saturated heterocycles. The molecule has 0 N–H and O–H groups in total. The van der Waals surface area contributed by atoms with Gasteiger partial charge >= 0.3 is 5.97 Å². The minimum atomic E-state index is -0.122. The summed E-state index contributed by atoms with van der Waals surface area (Å²) in [5.74, 6) is 0.797. The molecule has 1 fully saturated rings. The Bertz CT molecular complexity index is 487. The molecule has 0 aliphatic carbocycles. The molecule has 0 bridgehead atoms. The third-order valence-corrected chi connectivity index (χ3v) is 4.19. The van der Waals surface area contributed by atoms with E-state index in [0.717, 1.165) is 25.3 Å². The lowest BCUT2D eigenvalue weighted by Gasteiger charge is -2.35. The lowest BCUT2D eigenvalue weighted by molar-refractivity contribution is -0.142. The first kappa shape index (κ1) is 15.8. The molecule has 1 atom stereocenters. The molecule has 1 heterocycles.